The molecule has 0 aliphatic carbocycles. The van der Waals surface area contributed by atoms with Crippen LogP contribution in [-0.2, 0) is 0 Å². The van der Waals surface area contributed by atoms with E-state index < -0.39 is 0 Å². The van der Waals surface area contributed by atoms with Gasteiger partial charge >= 0.3 is 0 Å². The molecule has 0 spiro atoms. The summed E-state index contributed by atoms with van der Waals surface area (Å²) in [6.45, 7) is 1.95. The number of thiol groups is 1. The van der Waals surface area contributed by atoms with Crippen molar-refractivity contribution in [3.05, 3.63) is 10.6 Å². The first-order valence-corrected chi connectivity index (χ1v) is 3.67. The Morgan fingerprint density at radius 3 is 2.60 bits per heavy atom. The third-order valence-corrected chi connectivity index (χ3v) is 1.53. The molecule has 0 aromatic heterocycles. The fourth-order valence-electron chi connectivity index (χ4n) is 0.684. The van der Waals surface area contributed by atoms with E-state index in [9.17, 15) is 0 Å². The highest BCUT2D eigenvalue weighted by atomic mass is 32.1. The van der Waals surface area contributed by atoms with Crippen LogP contribution in [0, 0.1) is 12.3 Å². The van der Waals surface area contributed by atoms with E-state index in [0.29, 0.717) is 0 Å². The summed E-state index contributed by atoms with van der Waals surface area (Å²) >= 11 is 4.19. The minimum absolute atomic E-state index is 0.772. The molecule has 0 unspecified atom stereocenters. The average Bonchev–Trinajstić information content (AvgIpc) is 1.89. The van der Waals surface area contributed by atoms with E-state index in [1.165, 1.54) is 0 Å². The fourth-order valence-corrected chi connectivity index (χ4v) is 0.908. The molecule has 0 amide bonds. The lowest BCUT2D eigenvalue weighted by atomic mass is 10.2. The molecule has 0 bridgehead atoms. The van der Waals surface area contributed by atoms with Crippen molar-refractivity contribution in [3.8, 4) is 12.3 Å². The highest BCUT2D eigenvalue weighted by Gasteiger charge is 1.94. The summed E-state index contributed by atoms with van der Waals surface area (Å²) < 4.78 is 0. The zero-order chi connectivity index (χ0) is 7.98. The first-order valence-electron chi connectivity index (χ1n) is 3.22. The second kappa shape index (κ2) is 5.25. The monoisotopic (exact) mass is 155 g/mol. The van der Waals surface area contributed by atoms with Gasteiger partial charge in [0.05, 0.1) is 0 Å². The average molecular weight is 155 g/mol. The van der Waals surface area contributed by atoms with Gasteiger partial charge in [0.2, 0.25) is 0 Å². The number of hydrogen-bond donors (Lipinski definition) is 2. The van der Waals surface area contributed by atoms with Crippen LogP contribution in [0.5, 0.6) is 0 Å². The Kier molecular flexibility index (Phi) is 4.96. The maximum absolute atomic E-state index is 5.11. The van der Waals surface area contributed by atoms with Gasteiger partial charge in [-0.15, -0.1) is 25.0 Å². The molecule has 10 heavy (non-hydrogen) atoms. The van der Waals surface area contributed by atoms with Gasteiger partial charge in [-0.1, -0.05) is 0 Å². The zero-order valence-corrected chi connectivity index (χ0v) is 7.33. The van der Waals surface area contributed by atoms with Gasteiger partial charge in [0.1, 0.15) is 0 Å². The van der Waals surface area contributed by atoms with Crippen LogP contribution in [-0.4, -0.2) is 7.05 Å². The summed E-state index contributed by atoms with van der Waals surface area (Å²) in [6, 6.07) is 0. The van der Waals surface area contributed by atoms with Crippen molar-refractivity contribution < 1.29 is 0 Å². The van der Waals surface area contributed by atoms with Crippen molar-refractivity contribution in [1.29, 1.82) is 0 Å². The molecule has 0 radical (unpaired) electrons. The SMILES string of the molecule is C#CCC/C(NC)=C(\C)S. The predicted octanol–water partition coefficient (Wildman–Crippen LogP) is 1.78. The van der Waals surface area contributed by atoms with Crippen LogP contribution in [0.1, 0.15) is 19.8 Å². The smallest absolute Gasteiger partial charge is 0.0205 e. The Labute approximate surface area is 68.3 Å². The normalized spacial score (nSPS) is 11.8. The Hall–Kier alpha value is -0.550. The van der Waals surface area contributed by atoms with Crippen LogP contribution < -0.4 is 5.32 Å². The van der Waals surface area contributed by atoms with Crippen LogP contribution in [0.15, 0.2) is 10.6 Å². The van der Waals surface area contributed by atoms with E-state index in [2.05, 4.69) is 23.9 Å². The number of nitrogens with one attached hydrogen (secondary N) is 1. The summed E-state index contributed by atoms with van der Waals surface area (Å²) in [5.41, 5.74) is 1.13. The summed E-state index contributed by atoms with van der Waals surface area (Å²) in [7, 11) is 1.88. The van der Waals surface area contributed by atoms with Crippen LogP contribution >= 0.6 is 12.6 Å². The topological polar surface area (TPSA) is 12.0 Å². The van der Waals surface area contributed by atoms with Gasteiger partial charge in [0.15, 0.2) is 0 Å². The molecule has 0 heterocycles. The predicted molar refractivity (Wildman–Crippen MR) is 48.8 cm³/mol. The summed E-state index contributed by atoms with van der Waals surface area (Å²) in [6.07, 6.45) is 6.77. The molecule has 56 valence electrons. The Morgan fingerprint density at radius 1 is 1.70 bits per heavy atom. The molecule has 1 nitrogen and oxygen atoms in total. The molecule has 0 fully saturated rings. The molecule has 0 saturated carbocycles. The van der Waals surface area contributed by atoms with Crippen molar-refractivity contribution in [2.24, 2.45) is 0 Å². The lowest BCUT2D eigenvalue weighted by Gasteiger charge is -2.05. The Morgan fingerprint density at radius 2 is 2.30 bits per heavy atom. The second-order valence-corrected chi connectivity index (χ2v) is 2.69. The molecule has 2 heteroatoms. The van der Waals surface area contributed by atoms with Gasteiger partial charge in [-0.25, -0.2) is 0 Å². The Bertz CT molecular complexity index is 161. The molecule has 0 aliphatic rings. The van der Waals surface area contributed by atoms with Gasteiger partial charge in [-0.05, 0) is 18.2 Å². The van der Waals surface area contributed by atoms with E-state index in [1.54, 1.807) is 0 Å². The van der Waals surface area contributed by atoms with E-state index in [0.717, 1.165) is 23.4 Å². The van der Waals surface area contributed by atoms with Crippen molar-refractivity contribution in [1.82, 2.24) is 5.32 Å². The third kappa shape index (κ3) is 3.47. The summed E-state index contributed by atoms with van der Waals surface area (Å²) in [5, 5.41) is 3.04. The molecule has 1 N–H and O–H groups in total. The van der Waals surface area contributed by atoms with Gasteiger partial charge in [-0.2, -0.15) is 0 Å². The minimum Gasteiger partial charge on any atom is -0.391 e. The molecule has 0 aromatic carbocycles. The van der Waals surface area contributed by atoms with Crippen molar-refractivity contribution >= 4 is 12.6 Å². The molecule has 0 rings (SSSR count). The van der Waals surface area contributed by atoms with Crippen LogP contribution in [0.4, 0.5) is 0 Å². The molecule has 0 aromatic rings. The number of hydrogen-bond acceptors (Lipinski definition) is 2. The van der Waals surface area contributed by atoms with E-state index in [4.69, 9.17) is 6.42 Å². The lowest BCUT2D eigenvalue weighted by Crippen LogP contribution is -2.06. The second-order valence-electron chi connectivity index (χ2n) is 2.02. The minimum atomic E-state index is 0.772. The highest BCUT2D eigenvalue weighted by Crippen LogP contribution is 2.09. The molecule has 0 aliphatic heterocycles. The fraction of sp³-hybridized carbons (Fsp3) is 0.500. The molecular weight excluding hydrogens is 142 g/mol. The number of terminal acetylenes is 1. The highest BCUT2D eigenvalue weighted by molar-refractivity contribution is 7.84. The first-order chi connectivity index (χ1) is 4.72. The largest absolute Gasteiger partial charge is 0.391 e. The van der Waals surface area contributed by atoms with Gasteiger partial charge in [0, 0.05) is 19.2 Å². The van der Waals surface area contributed by atoms with Crippen LogP contribution in [0.3, 0.4) is 0 Å². The molecular formula is C8H13NS. The quantitative estimate of drug-likeness (QED) is 0.467. The van der Waals surface area contributed by atoms with Gasteiger partial charge in [0.25, 0.3) is 0 Å². The van der Waals surface area contributed by atoms with Crippen molar-refractivity contribution in [2.45, 2.75) is 19.8 Å². The Balaban J connectivity index is 3.88. The summed E-state index contributed by atoms with van der Waals surface area (Å²) in [4.78, 5) is 1.01. The lowest BCUT2D eigenvalue weighted by molar-refractivity contribution is 0.855. The van der Waals surface area contributed by atoms with Gasteiger partial charge < -0.3 is 5.32 Å². The van der Waals surface area contributed by atoms with Crippen LogP contribution in [0.2, 0.25) is 0 Å². The maximum Gasteiger partial charge on any atom is 0.0205 e. The molecule has 0 saturated heterocycles. The third-order valence-electron chi connectivity index (χ3n) is 1.26. The van der Waals surface area contributed by atoms with Crippen molar-refractivity contribution in [2.75, 3.05) is 7.05 Å². The summed E-state index contributed by atoms with van der Waals surface area (Å²) in [5.74, 6) is 2.58. The number of allylic oxidation sites excluding steroid dienone is 2. The first kappa shape index (κ1) is 9.45. The molecule has 0 atom stereocenters. The number of rotatable bonds is 3. The van der Waals surface area contributed by atoms with E-state index in [-0.39, 0.29) is 0 Å². The standard InChI is InChI=1S/C8H13NS/c1-4-5-6-8(9-3)7(2)10/h1,9-10H,5-6H2,2-3H3/b8-7-. The maximum atomic E-state index is 5.11. The van der Waals surface area contributed by atoms with E-state index >= 15 is 0 Å². The van der Waals surface area contributed by atoms with Crippen molar-refractivity contribution in [3.63, 3.8) is 0 Å². The van der Waals surface area contributed by atoms with Gasteiger partial charge in [-0.3, -0.25) is 0 Å². The van der Waals surface area contributed by atoms with E-state index in [1.807, 2.05) is 14.0 Å². The van der Waals surface area contributed by atoms with Crippen LogP contribution in [0.25, 0.3) is 0 Å². The zero-order valence-electron chi connectivity index (χ0n) is 6.44.